The van der Waals surface area contributed by atoms with Crippen LogP contribution < -0.4 is 0 Å². The van der Waals surface area contributed by atoms with Gasteiger partial charge in [0.2, 0.25) is 0 Å². The van der Waals surface area contributed by atoms with Crippen LogP contribution in [0.3, 0.4) is 0 Å². The van der Waals surface area contributed by atoms with Crippen molar-refractivity contribution < 1.29 is 0 Å². The summed E-state index contributed by atoms with van der Waals surface area (Å²) in [5.41, 5.74) is 14.8. The minimum atomic E-state index is 1.21. The lowest BCUT2D eigenvalue weighted by atomic mass is 9.83. The first-order valence-electron chi connectivity index (χ1n) is 18.7. The van der Waals surface area contributed by atoms with Gasteiger partial charge in [-0.3, -0.25) is 0 Å². The van der Waals surface area contributed by atoms with Crippen molar-refractivity contribution in [1.82, 2.24) is 0 Å². The Morgan fingerprint density at radius 3 is 1.00 bits per heavy atom. The molecule has 0 aromatic heterocycles. The Bertz CT molecular complexity index is 2910. The first-order chi connectivity index (χ1) is 26.8. The fraction of sp³-hybridized carbons (Fsp3) is 0. The van der Waals surface area contributed by atoms with Gasteiger partial charge in [-0.2, -0.15) is 0 Å². The van der Waals surface area contributed by atoms with Crippen LogP contribution in [0.1, 0.15) is 0 Å². The predicted molar refractivity (Wildman–Crippen MR) is 232 cm³/mol. The highest BCUT2D eigenvalue weighted by Crippen LogP contribution is 2.47. The van der Waals surface area contributed by atoms with Gasteiger partial charge in [0.15, 0.2) is 0 Å². The van der Waals surface area contributed by atoms with Crippen LogP contribution in [0.25, 0.3) is 99.1 Å². The van der Waals surface area contributed by atoms with E-state index >= 15 is 0 Å². The van der Waals surface area contributed by atoms with Crippen molar-refractivity contribution in [3.8, 4) is 66.8 Å². The lowest BCUT2D eigenvalue weighted by Gasteiger charge is -2.20. The molecular weight excluding hydrogens is 649 g/mol. The molecular formula is C54H36. The Morgan fingerprint density at radius 1 is 0.167 bits per heavy atom. The van der Waals surface area contributed by atoms with E-state index < -0.39 is 0 Å². The average Bonchev–Trinajstić information content (AvgIpc) is 3.26. The lowest BCUT2D eigenvalue weighted by molar-refractivity contribution is 1.58. The highest BCUT2D eigenvalue weighted by atomic mass is 14.2. The van der Waals surface area contributed by atoms with Gasteiger partial charge in [-0.25, -0.2) is 0 Å². The zero-order valence-corrected chi connectivity index (χ0v) is 29.8. The van der Waals surface area contributed by atoms with Crippen LogP contribution in [0.5, 0.6) is 0 Å². The summed E-state index contributed by atoms with van der Waals surface area (Å²) in [5, 5.41) is 7.53. The van der Waals surface area contributed by atoms with Crippen molar-refractivity contribution in [3.63, 3.8) is 0 Å². The van der Waals surface area contributed by atoms with Crippen LogP contribution >= 0.6 is 0 Å². The van der Waals surface area contributed by atoms with Crippen molar-refractivity contribution in [3.05, 3.63) is 218 Å². The highest BCUT2D eigenvalue weighted by molar-refractivity contribution is 6.24. The molecule has 0 spiro atoms. The third-order valence-corrected chi connectivity index (χ3v) is 10.9. The van der Waals surface area contributed by atoms with Crippen molar-refractivity contribution in [2.45, 2.75) is 0 Å². The summed E-state index contributed by atoms with van der Waals surface area (Å²) in [5.74, 6) is 0. The zero-order valence-electron chi connectivity index (χ0n) is 29.8. The van der Waals surface area contributed by atoms with E-state index in [-0.39, 0.29) is 0 Å². The molecule has 0 aliphatic carbocycles. The average molecular weight is 685 g/mol. The quantitative estimate of drug-likeness (QED) is 0.153. The second-order valence-corrected chi connectivity index (χ2v) is 14.0. The summed E-state index contributed by atoms with van der Waals surface area (Å²) < 4.78 is 0. The molecule has 10 aromatic rings. The number of benzene rings is 10. The molecule has 0 bridgehead atoms. The van der Waals surface area contributed by atoms with Gasteiger partial charge in [0.05, 0.1) is 0 Å². The van der Waals surface area contributed by atoms with Gasteiger partial charge < -0.3 is 0 Å². The monoisotopic (exact) mass is 684 g/mol. The number of rotatable bonds is 6. The van der Waals surface area contributed by atoms with Gasteiger partial charge in [-0.15, -0.1) is 0 Å². The summed E-state index contributed by atoms with van der Waals surface area (Å²) in [4.78, 5) is 0. The molecule has 10 rings (SSSR count). The van der Waals surface area contributed by atoms with Crippen LogP contribution in [0.2, 0.25) is 0 Å². The maximum Gasteiger partial charge on any atom is -0.00201 e. The minimum Gasteiger partial charge on any atom is -0.0622 e. The standard InChI is InChI=1S/C54H36/c1-3-16-37(17-4-1)39-20-13-22-41(34-39)42-23-15-25-44(36-42)53-48-28-9-11-30-50(48)54(51-31-12-10-29-49(51)53)52-33-32-45(46-26-7-8-27-47(46)52)43-24-14-21-40(35-43)38-18-5-2-6-19-38/h1-36H. The molecule has 0 unspecified atom stereocenters. The van der Waals surface area contributed by atoms with Crippen LogP contribution in [0.15, 0.2) is 218 Å². The molecule has 0 fully saturated rings. The van der Waals surface area contributed by atoms with Crippen LogP contribution in [-0.2, 0) is 0 Å². The van der Waals surface area contributed by atoms with Crippen molar-refractivity contribution in [2.24, 2.45) is 0 Å². The van der Waals surface area contributed by atoms with E-state index in [2.05, 4.69) is 218 Å². The molecule has 0 heterocycles. The maximum absolute atomic E-state index is 2.37. The summed E-state index contributed by atoms with van der Waals surface area (Å²) in [6.07, 6.45) is 0. The van der Waals surface area contributed by atoms with E-state index in [0.29, 0.717) is 0 Å². The Kier molecular flexibility index (Phi) is 7.93. The predicted octanol–water partition coefficient (Wildman–Crippen LogP) is 15.1. The number of hydrogen-bond donors (Lipinski definition) is 0. The van der Waals surface area contributed by atoms with Gasteiger partial charge in [-0.05, 0) is 117 Å². The fourth-order valence-electron chi connectivity index (χ4n) is 8.36. The largest absolute Gasteiger partial charge is 0.0622 e. The molecule has 0 radical (unpaired) electrons. The molecule has 0 atom stereocenters. The molecule has 0 heteroatoms. The summed E-state index contributed by atoms with van der Waals surface area (Å²) in [6.45, 7) is 0. The Balaban J connectivity index is 1.16. The van der Waals surface area contributed by atoms with E-state index in [1.54, 1.807) is 0 Å². The minimum absolute atomic E-state index is 1.21. The van der Waals surface area contributed by atoms with Crippen molar-refractivity contribution >= 4 is 32.3 Å². The van der Waals surface area contributed by atoms with Crippen molar-refractivity contribution in [1.29, 1.82) is 0 Å². The molecule has 0 saturated carbocycles. The summed E-state index contributed by atoms with van der Waals surface area (Å²) >= 11 is 0. The van der Waals surface area contributed by atoms with Gasteiger partial charge in [0.25, 0.3) is 0 Å². The SMILES string of the molecule is c1ccc(-c2cccc(-c3cccc(-c4c5ccccc5c(-c5ccc(-c6cccc(-c7ccccc7)c6)c6ccccc56)c5ccccc45)c3)c2)cc1. The second kappa shape index (κ2) is 13.5. The van der Waals surface area contributed by atoms with Crippen LogP contribution in [-0.4, -0.2) is 0 Å². The molecule has 252 valence electrons. The van der Waals surface area contributed by atoms with Gasteiger partial charge in [0, 0.05) is 0 Å². The third kappa shape index (κ3) is 5.57. The number of fused-ring (bicyclic) bond motifs is 3. The topological polar surface area (TPSA) is 0 Å². The van der Waals surface area contributed by atoms with Crippen LogP contribution in [0, 0.1) is 0 Å². The van der Waals surface area contributed by atoms with Gasteiger partial charge in [-0.1, -0.05) is 200 Å². The summed E-state index contributed by atoms with van der Waals surface area (Å²) in [7, 11) is 0. The molecule has 54 heavy (non-hydrogen) atoms. The van der Waals surface area contributed by atoms with Gasteiger partial charge in [0.1, 0.15) is 0 Å². The molecule has 0 N–H and O–H groups in total. The zero-order chi connectivity index (χ0) is 35.8. The van der Waals surface area contributed by atoms with Crippen molar-refractivity contribution in [2.75, 3.05) is 0 Å². The molecule has 0 nitrogen and oxygen atoms in total. The van der Waals surface area contributed by atoms with E-state index in [0.717, 1.165) is 0 Å². The molecule has 0 amide bonds. The summed E-state index contributed by atoms with van der Waals surface area (Å²) in [6, 6.07) is 79.7. The lowest BCUT2D eigenvalue weighted by Crippen LogP contribution is -1.93. The smallest absolute Gasteiger partial charge is 0.00201 e. The van der Waals surface area contributed by atoms with E-state index in [1.165, 1.54) is 99.1 Å². The highest BCUT2D eigenvalue weighted by Gasteiger charge is 2.19. The Hall–Kier alpha value is -7.02. The number of hydrogen-bond acceptors (Lipinski definition) is 0. The second-order valence-electron chi connectivity index (χ2n) is 14.0. The Labute approximate surface area is 316 Å². The van der Waals surface area contributed by atoms with E-state index in [1.807, 2.05) is 0 Å². The van der Waals surface area contributed by atoms with E-state index in [9.17, 15) is 0 Å². The van der Waals surface area contributed by atoms with E-state index in [4.69, 9.17) is 0 Å². The first kappa shape index (κ1) is 31.7. The molecule has 0 aliphatic heterocycles. The third-order valence-electron chi connectivity index (χ3n) is 10.9. The maximum atomic E-state index is 2.37. The fourth-order valence-corrected chi connectivity index (χ4v) is 8.36. The molecule has 0 aliphatic rings. The normalized spacial score (nSPS) is 11.3. The molecule has 10 aromatic carbocycles. The van der Waals surface area contributed by atoms with Crippen LogP contribution in [0.4, 0.5) is 0 Å². The Morgan fingerprint density at radius 2 is 0.481 bits per heavy atom. The first-order valence-corrected chi connectivity index (χ1v) is 18.7. The van der Waals surface area contributed by atoms with Gasteiger partial charge >= 0.3 is 0 Å². The molecule has 0 saturated heterocycles.